The Labute approximate surface area is 135 Å². The summed E-state index contributed by atoms with van der Waals surface area (Å²) in [7, 11) is 0. The van der Waals surface area contributed by atoms with Crippen molar-refractivity contribution in [3.63, 3.8) is 0 Å². The van der Waals surface area contributed by atoms with Crippen LogP contribution in [-0.4, -0.2) is 10.8 Å². The van der Waals surface area contributed by atoms with Gasteiger partial charge in [-0.25, -0.2) is 4.98 Å². The maximum absolute atomic E-state index is 11.6. The van der Waals surface area contributed by atoms with Gasteiger partial charge in [-0.15, -0.1) is 0 Å². The second-order valence-electron chi connectivity index (χ2n) is 6.02. The zero-order chi connectivity index (χ0) is 15.8. The molecule has 4 rings (SSSR count). The van der Waals surface area contributed by atoms with E-state index in [-0.39, 0.29) is 17.6 Å². The van der Waals surface area contributed by atoms with Crippen molar-refractivity contribution in [2.45, 2.75) is 19.3 Å². The molecule has 1 aliphatic rings. The third kappa shape index (κ3) is 2.59. The van der Waals surface area contributed by atoms with Crippen LogP contribution in [0.15, 0.2) is 65.1 Å². The van der Waals surface area contributed by atoms with Crippen molar-refractivity contribution in [3.8, 4) is 22.6 Å². The summed E-state index contributed by atoms with van der Waals surface area (Å²) in [5, 5.41) is 0. The molecule has 0 aliphatic heterocycles. The molecule has 0 N–H and O–H groups in total. The van der Waals surface area contributed by atoms with Crippen molar-refractivity contribution in [3.05, 3.63) is 66.6 Å². The Hall–Kier alpha value is -2.68. The van der Waals surface area contributed by atoms with Crippen molar-refractivity contribution < 1.29 is 9.21 Å². The Kier molecular flexibility index (Phi) is 3.34. The van der Waals surface area contributed by atoms with Gasteiger partial charge >= 0.3 is 0 Å². The molecule has 0 amide bonds. The first kappa shape index (κ1) is 13.9. The minimum absolute atomic E-state index is 0.0703. The van der Waals surface area contributed by atoms with Crippen LogP contribution in [0.25, 0.3) is 22.6 Å². The average Bonchev–Trinajstić information content (AvgIpc) is 3.28. The number of hydrogen-bond acceptors (Lipinski definition) is 3. The third-order valence-corrected chi connectivity index (χ3v) is 4.36. The fourth-order valence-corrected chi connectivity index (χ4v) is 2.99. The zero-order valence-electron chi connectivity index (χ0n) is 12.9. The van der Waals surface area contributed by atoms with Gasteiger partial charge in [0.1, 0.15) is 11.5 Å². The highest BCUT2D eigenvalue weighted by atomic mass is 16.4. The molecule has 1 aliphatic carbocycles. The molecule has 0 spiro atoms. The van der Waals surface area contributed by atoms with E-state index in [1.807, 2.05) is 60.7 Å². The van der Waals surface area contributed by atoms with E-state index >= 15 is 0 Å². The first-order valence-corrected chi connectivity index (χ1v) is 7.86. The van der Waals surface area contributed by atoms with E-state index in [4.69, 9.17) is 9.40 Å². The van der Waals surface area contributed by atoms with Gasteiger partial charge in [-0.1, -0.05) is 60.7 Å². The van der Waals surface area contributed by atoms with E-state index in [9.17, 15) is 4.79 Å². The Morgan fingerprint density at radius 2 is 1.61 bits per heavy atom. The van der Waals surface area contributed by atoms with Gasteiger partial charge in [0.25, 0.3) is 0 Å². The maximum Gasteiger partial charge on any atom is 0.199 e. The SMILES string of the molecule is CC(=O)C1C[C@@H]1c1nc(-c2ccccc2)c(-c2ccccc2)o1. The summed E-state index contributed by atoms with van der Waals surface area (Å²) in [4.78, 5) is 16.3. The molecule has 1 fully saturated rings. The molecule has 1 saturated carbocycles. The molecule has 3 aromatic rings. The molecule has 2 atom stereocenters. The Balaban J connectivity index is 1.81. The molecule has 23 heavy (non-hydrogen) atoms. The Morgan fingerprint density at radius 1 is 1.00 bits per heavy atom. The monoisotopic (exact) mass is 303 g/mol. The smallest absolute Gasteiger partial charge is 0.199 e. The van der Waals surface area contributed by atoms with Gasteiger partial charge in [-0.3, -0.25) is 4.79 Å². The van der Waals surface area contributed by atoms with Gasteiger partial charge in [-0.05, 0) is 13.3 Å². The number of carbonyl (C=O) groups is 1. The topological polar surface area (TPSA) is 43.1 Å². The lowest BCUT2D eigenvalue weighted by Crippen LogP contribution is -1.94. The fourth-order valence-electron chi connectivity index (χ4n) is 2.99. The number of Topliss-reactive ketones (excluding diaryl/α,β-unsaturated/α-hetero) is 1. The number of ketones is 1. The van der Waals surface area contributed by atoms with Crippen molar-refractivity contribution in [1.29, 1.82) is 0 Å². The summed E-state index contributed by atoms with van der Waals surface area (Å²) in [5.41, 5.74) is 2.88. The second kappa shape index (κ2) is 5.51. The Bertz CT molecular complexity index is 780. The van der Waals surface area contributed by atoms with E-state index in [1.165, 1.54) is 0 Å². The molecule has 1 heterocycles. The van der Waals surface area contributed by atoms with Crippen molar-refractivity contribution in [1.82, 2.24) is 4.98 Å². The molecule has 0 bridgehead atoms. The molecular formula is C20H17NO2. The molecule has 2 aromatic carbocycles. The molecule has 1 unspecified atom stereocenters. The van der Waals surface area contributed by atoms with E-state index in [2.05, 4.69) is 0 Å². The van der Waals surface area contributed by atoms with Crippen molar-refractivity contribution in [2.75, 3.05) is 0 Å². The van der Waals surface area contributed by atoms with E-state index in [0.717, 1.165) is 29.0 Å². The van der Waals surface area contributed by atoms with Gasteiger partial charge in [-0.2, -0.15) is 0 Å². The third-order valence-electron chi connectivity index (χ3n) is 4.36. The summed E-state index contributed by atoms with van der Waals surface area (Å²) in [5.74, 6) is 1.88. The Morgan fingerprint density at radius 3 is 2.17 bits per heavy atom. The van der Waals surface area contributed by atoms with Crippen molar-refractivity contribution in [2.24, 2.45) is 5.92 Å². The number of benzene rings is 2. The van der Waals surface area contributed by atoms with Crippen LogP contribution in [-0.2, 0) is 4.79 Å². The predicted octanol–water partition coefficient (Wildman–Crippen LogP) is 4.70. The van der Waals surface area contributed by atoms with Gasteiger partial charge in [0.05, 0.1) is 0 Å². The van der Waals surface area contributed by atoms with Crippen LogP contribution in [0.2, 0.25) is 0 Å². The van der Waals surface area contributed by atoms with Crippen LogP contribution < -0.4 is 0 Å². The highest BCUT2D eigenvalue weighted by molar-refractivity contribution is 5.82. The van der Waals surface area contributed by atoms with E-state index in [1.54, 1.807) is 6.92 Å². The minimum atomic E-state index is 0.0703. The van der Waals surface area contributed by atoms with Crippen LogP contribution in [0.3, 0.4) is 0 Å². The summed E-state index contributed by atoms with van der Waals surface area (Å²) in [6.45, 7) is 1.64. The lowest BCUT2D eigenvalue weighted by Gasteiger charge is -2.00. The largest absolute Gasteiger partial charge is 0.440 e. The van der Waals surface area contributed by atoms with Crippen LogP contribution >= 0.6 is 0 Å². The average molecular weight is 303 g/mol. The van der Waals surface area contributed by atoms with Gasteiger partial charge in [0.2, 0.25) is 0 Å². The normalized spacial score (nSPS) is 19.5. The fraction of sp³-hybridized carbons (Fsp3) is 0.200. The second-order valence-corrected chi connectivity index (χ2v) is 6.02. The molecular weight excluding hydrogens is 286 g/mol. The van der Waals surface area contributed by atoms with Crippen LogP contribution in [0, 0.1) is 5.92 Å². The summed E-state index contributed by atoms with van der Waals surface area (Å²) in [6, 6.07) is 20.0. The minimum Gasteiger partial charge on any atom is -0.440 e. The van der Waals surface area contributed by atoms with Gasteiger partial charge in [0.15, 0.2) is 11.7 Å². The van der Waals surface area contributed by atoms with Crippen LogP contribution in [0.4, 0.5) is 0 Å². The number of carbonyl (C=O) groups excluding carboxylic acids is 1. The molecule has 0 radical (unpaired) electrons. The van der Waals surface area contributed by atoms with Crippen LogP contribution in [0.5, 0.6) is 0 Å². The number of rotatable bonds is 4. The predicted molar refractivity (Wildman–Crippen MR) is 88.9 cm³/mol. The molecule has 3 nitrogen and oxygen atoms in total. The van der Waals surface area contributed by atoms with Gasteiger partial charge in [0, 0.05) is 23.0 Å². The number of oxazole rings is 1. The summed E-state index contributed by atoms with van der Waals surface area (Å²) in [6.07, 6.45) is 0.846. The van der Waals surface area contributed by atoms with E-state index in [0.29, 0.717) is 5.89 Å². The lowest BCUT2D eigenvalue weighted by atomic mass is 10.1. The highest BCUT2D eigenvalue weighted by Gasteiger charge is 2.45. The molecule has 114 valence electrons. The number of aromatic nitrogens is 1. The molecule has 0 saturated heterocycles. The first-order chi connectivity index (χ1) is 11.2. The quantitative estimate of drug-likeness (QED) is 0.701. The highest BCUT2D eigenvalue weighted by Crippen LogP contribution is 2.49. The summed E-state index contributed by atoms with van der Waals surface area (Å²) < 4.78 is 6.10. The van der Waals surface area contributed by atoms with Gasteiger partial charge < -0.3 is 4.42 Å². The lowest BCUT2D eigenvalue weighted by molar-refractivity contribution is -0.118. The number of hydrogen-bond donors (Lipinski definition) is 0. The zero-order valence-corrected chi connectivity index (χ0v) is 12.9. The maximum atomic E-state index is 11.6. The number of nitrogens with zero attached hydrogens (tertiary/aromatic N) is 1. The molecule has 3 heteroatoms. The standard InChI is InChI=1S/C20H17NO2/c1-13(22)16-12-17(16)20-21-18(14-8-4-2-5-9-14)19(23-20)15-10-6-3-7-11-15/h2-11,16-17H,12H2,1H3/t16?,17-/m0/s1. The van der Waals surface area contributed by atoms with Crippen LogP contribution in [0.1, 0.15) is 25.2 Å². The van der Waals surface area contributed by atoms with Crippen molar-refractivity contribution >= 4 is 5.78 Å². The summed E-state index contributed by atoms with van der Waals surface area (Å²) >= 11 is 0. The van der Waals surface area contributed by atoms with E-state index < -0.39 is 0 Å². The first-order valence-electron chi connectivity index (χ1n) is 7.86. The molecule has 1 aromatic heterocycles.